The third-order valence-corrected chi connectivity index (χ3v) is 5.84. The topological polar surface area (TPSA) is 46.5 Å². The molecule has 0 aliphatic heterocycles. The van der Waals surface area contributed by atoms with Crippen molar-refractivity contribution in [3.8, 4) is 5.75 Å². The molecule has 1 aromatic carbocycles. The van der Waals surface area contributed by atoms with Crippen LogP contribution in [0.25, 0.3) is 0 Å². The van der Waals surface area contributed by atoms with E-state index in [1.54, 1.807) is 0 Å². The van der Waals surface area contributed by atoms with Crippen molar-refractivity contribution in [2.45, 2.75) is 77.6 Å². The first kappa shape index (κ1) is 21.0. The van der Waals surface area contributed by atoms with E-state index in [1.807, 2.05) is 38.1 Å². The highest BCUT2D eigenvalue weighted by Gasteiger charge is 2.31. The summed E-state index contributed by atoms with van der Waals surface area (Å²) in [6.45, 7) is 7.03. The summed E-state index contributed by atoms with van der Waals surface area (Å²) in [4.78, 5) is 12.4. The maximum atomic E-state index is 12.4. The maximum absolute atomic E-state index is 12.4. The van der Waals surface area contributed by atoms with Crippen LogP contribution in [0.3, 0.4) is 0 Å². The molecule has 1 fully saturated rings. The fourth-order valence-corrected chi connectivity index (χ4v) is 3.87. The summed E-state index contributed by atoms with van der Waals surface area (Å²) < 4.78 is 6.04. The Balaban J connectivity index is 1.90. The van der Waals surface area contributed by atoms with E-state index in [9.17, 15) is 9.90 Å². The molecule has 1 aliphatic rings. The smallest absolute Gasteiger partial charge is 0.136 e. The number of benzene rings is 1. The summed E-state index contributed by atoms with van der Waals surface area (Å²) in [5.74, 6) is 1.84. The predicted octanol–water partition coefficient (Wildman–Crippen LogP) is 5.29. The Hall–Kier alpha value is -1.35. The SMILES string of the molecule is CCCCCC[C@H]1C(=O)CCC[C@@H]1COc1ccc(C(C)(C)CO)cc1. The van der Waals surface area contributed by atoms with Crippen LogP contribution in [-0.2, 0) is 10.2 Å². The molecule has 1 saturated carbocycles. The lowest BCUT2D eigenvalue weighted by atomic mass is 9.76. The molecule has 0 spiro atoms. The molecule has 0 bridgehead atoms. The first-order valence-electron chi connectivity index (χ1n) is 10.3. The predicted molar refractivity (Wildman–Crippen MR) is 107 cm³/mol. The molecule has 1 N–H and O–H groups in total. The van der Waals surface area contributed by atoms with Crippen molar-refractivity contribution in [2.24, 2.45) is 11.8 Å². The zero-order valence-electron chi connectivity index (χ0n) is 16.8. The highest BCUT2D eigenvalue weighted by Crippen LogP contribution is 2.32. The number of hydrogen-bond donors (Lipinski definition) is 1. The Bertz CT molecular complexity index is 547. The van der Waals surface area contributed by atoms with Gasteiger partial charge in [0.25, 0.3) is 0 Å². The summed E-state index contributed by atoms with van der Waals surface area (Å²) >= 11 is 0. The van der Waals surface area contributed by atoms with Crippen molar-refractivity contribution < 1.29 is 14.6 Å². The minimum atomic E-state index is -0.238. The normalized spacial score (nSPS) is 21.0. The fraction of sp³-hybridized carbons (Fsp3) is 0.696. The van der Waals surface area contributed by atoms with Crippen LogP contribution in [0.15, 0.2) is 24.3 Å². The van der Waals surface area contributed by atoms with Gasteiger partial charge in [0.15, 0.2) is 0 Å². The van der Waals surface area contributed by atoms with Gasteiger partial charge in [-0.15, -0.1) is 0 Å². The number of ether oxygens (including phenoxy) is 1. The number of hydrogen-bond acceptors (Lipinski definition) is 3. The lowest BCUT2D eigenvalue weighted by Crippen LogP contribution is -2.32. The number of carbonyl (C=O) groups is 1. The molecule has 0 unspecified atom stereocenters. The number of carbonyl (C=O) groups excluding carboxylic acids is 1. The van der Waals surface area contributed by atoms with Gasteiger partial charge in [-0.05, 0) is 37.0 Å². The van der Waals surface area contributed by atoms with Gasteiger partial charge in [-0.2, -0.15) is 0 Å². The molecule has 0 amide bonds. The molecule has 0 aromatic heterocycles. The molecule has 1 aliphatic carbocycles. The van der Waals surface area contributed by atoms with E-state index in [0.717, 1.165) is 43.4 Å². The molecule has 2 atom stereocenters. The number of Topliss-reactive ketones (excluding diaryl/α,β-unsaturated/α-hetero) is 1. The first-order chi connectivity index (χ1) is 12.5. The van der Waals surface area contributed by atoms with Gasteiger partial charge in [-0.1, -0.05) is 58.6 Å². The Morgan fingerprint density at radius 1 is 1.15 bits per heavy atom. The molecular weight excluding hydrogens is 324 g/mol. The van der Waals surface area contributed by atoms with Crippen LogP contribution in [0.4, 0.5) is 0 Å². The van der Waals surface area contributed by atoms with Crippen LogP contribution < -0.4 is 4.74 Å². The van der Waals surface area contributed by atoms with Crippen molar-refractivity contribution in [3.63, 3.8) is 0 Å². The van der Waals surface area contributed by atoms with Crippen LogP contribution in [0, 0.1) is 11.8 Å². The van der Waals surface area contributed by atoms with E-state index >= 15 is 0 Å². The Morgan fingerprint density at radius 3 is 2.54 bits per heavy atom. The second-order valence-electron chi connectivity index (χ2n) is 8.45. The minimum Gasteiger partial charge on any atom is -0.493 e. The zero-order valence-corrected chi connectivity index (χ0v) is 16.8. The largest absolute Gasteiger partial charge is 0.493 e. The quantitative estimate of drug-likeness (QED) is 0.577. The summed E-state index contributed by atoms with van der Waals surface area (Å²) in [5, 5.41) is 9.49. The zero-order chi connectivity index (χ0) is 19.0. The molecule has 0 heterocycles. The highest BCUT2D eigenvalue weighted by molar-refractivity contribution is 5.82. The standard InChI is InChI=1S/C23H36O3/c1-4-5-6-7-10-21-18(9-8-11-22(21)25)16-26-20-14-12-19(13-15-20)23(2,3)17-24/h12-15,18,21,24H,4-11,16-17H2,1-3H3/t18-,21-/m1/s1. The number of rotatable bonds is 10. The third-order valence-electron chi connectivity index (χ3n) is 5.84. The summed E-state index contributed by atoms with van der Waals surface area (Å²) in [6.07, 6.45) is 8.76. The monoisotopic (exact) mass is 360 g/mol. The minimum absolute atomic E-state index is 0.122. The summed E-state index contributed by atoms with van der Waals surface area (Å²) in [5.41, 5.74) is 0.867. The lowest BCUT2D eigenvalue weighted by Gasteiger charge is -2.30. The van der Waals surface area contributed by atoms with Gasteiger partial charge in [0.1, 0.15) is 11.5 Å². The Kier molecular flexibility index (Phi) is 8.15. The first-order valence-corrected chi connectivity index (χ1v) is 10.3. The van der Waals surface area contributed by atoms with Crippen molar-refractivity contribution in [1.82, 2.24) is 0 Å². The molecule has 0 saturated heterocycles. The van der Waals surface area contributed by atoms with Crippen molar-refractivity contribution >= 4 is 5.78 Å². The molecule has 146 valence electrons. The van der Waals surface area contributed by atoms with Gasteiger partial charge in [0, 0.05) is 23.7 Å². The van der Waals surface area contributed by atoms with Crippen molar-refractivity contribution in [2.75, 3.05) is 13.2 Å². The number of aliphatic hydroxyl groups excluding tert-OH is 1. The highest BCUT2D eigenvalue weighted by atomic mass is 16.5. The van der Waals surface area contributed by atoms with Gasteiger partial charge in [0.05, 0.1) is 13.2 Å². The van der Waals surface area contributed by atoms with E-state index in [-0.39, 0.29) is 17.9 Å². The average molecular weight is 361 g/mol. The second-order valence-corrected chi connectivity index (χ2v) is 8.45. The molecule has 0 radical (unpaired) electrons. The molecule has 3 heteroatoms. The number of ketones is 1. The molecule has 26 heavy (non-hydrogen) atoms. The summed E-state index contributed by atoms with van der Waals surface area (Å²) in [6, 6.07) is 8.01. The van der Waals surface area contributed by atoms with Gasteiger partial charge < -0.3 is 9.84 Å². The van der Waals surface area contributed by atoms with Gasteiger partial charge in [-0.25, -0.2) is 0 Å². The number of unbranched alkanes of at least 4 members (excludes halogenated alkanes) is 3. The van der Waals surface area contributed by atoms with Crippen LogP contribution >= 0.6 is 0 Å². The van der Waals surface area contributed by atoms with Crippen LogP contribution in [-0.4, -0.2) is 24.1 Å². The van der Waals surface area contributed by atoms with Crippen molar-refractivity contribution in [3.05, 3.63) is 29.8 Å². The fourth-order valence-electron chi connectivity index (χ4n) is 3.87. The second kappa shape index (κ2) is 10.1. The van der Waals surface area contributed by atoms with Gasteiger partial charge in [-0.3, -0.25) is 4.79 Å². The van der Waals surface area contributed by atoms with Crippen LogP contribution in [0.5, 0.6) is 5.75 Å². The lowest BCUT2D eigenvalue weighted by molar-refractivity contribution is -0.127. The van der Waals surface area contributed by atoms with Crippen LogP contribution in [0.1, 0.15) is 77.7 Å². The Labute approximate surface area is 159 Å². The van der Waals surface area contributed by atoms with Gasteiger partial charge in [0.2, 0.25) is 0 Å². The molecule has 1 aromatic rings. The van der Waals surface area contributed by atoms with E-state index in [2.05, 4.69) is 6.92 Å². The Morgan fingerprint density at radius 2 is 1.88 bits per heavy atom. The third kappa shape index (κ3) is 5.84. The van der Waals surface area contributed by atoms with Crippen LogP contribution in [0.2, 0.25) is 0 Å². The van der Waals surface area contributed by atoms with Gasteiger partial charge >= 0.3 is 0 Å². The molecular formula is C23H36O3. The molecule has 2 rings (SSSR count). The molecule has 3 nitrogen and oxygen atoms in total. The van der Waals surface area contributed by atoms with Crippen molar-refractivity contribution in [1.29, 1.82) is 0 Å². The van der Waals surface area contributed by atoms with E-state index in [0.29, 0.717) is 18.3 Å². The van der Waals surface area contributed by atoms with E-state index < -0.39 is 0 Å². The average Bonchev–Trinajstić information content (AvgIpc) is 2.65. The van der Waals surface area contributed by atoms with E-state index in [1.165, 1.54) is 19.3 Å². The van der Waals surface area contributed by atoms with E-state index in [4.69, 9.17) is 4.74 Å². The number of aliphatic hydroxyl groups is 1. The summed E-state index contributed by atoms with van der Waals surface area (Å²) in [7, 11) is 0. The maximum Gasteiger partial charge on any atom is 0.136 e.